The molecular formula is C10H18N4O2. The highest BCUT2D eigenvalue weighted by Crippen LogP contribution is 2.29. The van der Waals surface area contributed by atoms with Crippen molar-refractivity contribution in [3.8, 4) is 5.75 Å². The molecule has 0 saturated carbocycles. The second-order valence-electron chi connectivity index (χ2n) is 3.27. The Balaban J connectivity index is 2.94. The van der Waals surface area contributed by atoms with Crippen LogP contribution in [0.1, 0.15) is 13.3 Å². The third kappa shape index (κ3) is 2.73. The Morgan fingerprint density at radius 3 is 2.81 bits per heavy atom. The van der Waals surface area contributed by atoms with Gasteiger partial charge in [-0.15, -0.1) is 0 Å². The average molecular weight is 226 g/mol. The van der Waals surface area contributed by atoms with Crippen molar-refractivity contribution < 1.29 is 9.84 Å². The van der Waals surface area contributed by atoms with Crippen molar-refractivity contribution >= 4 is 11.6 Å². The van der Waals surface area contributed by atoms with Gasteiger partial charge in [-0.2, -0.15) is 0 Å². The third-order valence-electron chi connectivity index (χ3n) is 2.28. The maximum absolute atomic E-state index is 8.82. The predicted octanol–water partition coefficient (Wildman–Crippen LogP) is 0.276. The molecule has 6 nitrogen and oxygen atoms in total. The van der Waals surface area contributed by atoms with Gasteiger partial charge in [0.1, 0.15) is 6.33 Å². The molecule has 0 aromatic carbocycles. The lowest BCUT2D eigenvalue weighted by atomic mass is 10.3. The van der Waals surface area contributed by atoms with E-state index in [0.717, 1.165) is 6.54 Å². The molecule has 0 spiro atoms. The standard InChI is InChI=1S/C10H18N4O2/c1-3-14(5-4-6-15)10-8(16-2)9(11)12-7-13-10/h7,15H,3-6H2,1-2H3,(H2,11,12,13). The first-order chi connectivity index (χ1) is 7.74. The predicted molar refractivity (Wildman–Crippen MR) is 62.6 cm³/mol. The maximum Gasteiger partial charge on any atom is 0.204 e. The molecule has 0 saturated heterocycles. The monoisotopic (exact) mass is 226 g/mol. The number of aromatic nitrogens is 2. The summed E-state index contributed by atoms with van der Waals surface area (Å²) in [6, 6.07) is 0. The molecule has 1 aromatic heterocycles. The minimum atomic E-state index is 0.152. The zero-order valence-electron chi connectivity index (χ0n) is 9.68. The molecule has 0 fully saturated rings. The SMILES string of the molecule is CCN(CCCO)c1ncnc(N)c1OC. The molecule has 90 valence electrons. The fraction of sp³-hybridized carbons (Fsp3) is 0.600. The molecule has 1 rings (SSSR count). The zero-order valence-corrected chi connectivity index (χ0v) is 9.68. The molecular weight excluding hydrogens is 208 g/mol. The lowest BCUT2D eigenvalue weighted by Gasteiger charge is -2.23. The number of hydrogen-bond donors (Lipinski definition) is 2. The van der Waals surface area contributed by atoms with Gasteiger partial charge in [0.15, 0.2) is 11.6 Å². The smallest absolute Gasteiger partial charge is 0.204 e. The number of methoxy groups -OCH3 is 1. The van der Waals surface area contributed by atoms with Gasteiger partial charge in [0, 0.05) is 19.7 Å². The molecule has 1 aromatic rings. The minimum Gasteiger partial charge on any atom is -0.490 e. The first kappa shape index (κ1) is 12.5. The number of hydrogen-bond acceptors (Lipinski definition) is 6. The molecule has 0 aliphatic rings. The van der Waals surface area contributed by atoms with Gasteiger partial charge >= 0.3 is 0 Å². The van der Waals surface area contributed by atoms with Crippen LogP contribution in [-0.4, -0.2) is 41.9 Å². The topological polar surface area (TPSA) is 84.5 Å². The lowest BCUT2D eigenvalue weighted by molar-refractivity contribution is 0.289. The highest BCUT2D eigenvalue weighted by molar-refractivity contribution is 5.62. The molecule has 0 aliphatic heterocycles. The normalized spacial score (nSPS) is 10.2. The van der Waals surface area contributed by atoms with Crippen LogP contribution in [0.2, 0.25) is 0 Å². The van der Waals surface area contributed by atoms with E-state index in [9.17, 15) is 0 Å². The second kappa shape index (κ2) is 6.12. The molecule has 1 heterocycles. The molecule has 0 aliphatic carbocycles. The van der Waals surface area contributed by atoms with Crippen LogP contribution in [-0.2, 0) is 0 Å². The van der Waals surface area contributed by atoms with Crippen molar-refractivity contribution in [2.45, 2.75) is 13.3 Å². The van der Waals surface area contributed by atoms with Crippen LogP contribution in [0.3, 0.4) is 0 Å². The Morgan fingerprint density at radius 1 is 1.50 bits per heavy atom. The van der Waals surface area contributed by atoms with Crippen LogP contribution >= 0.6 is 0 Å². The van der Waals surface area contributed by atoms with Crippen molar-refractivity contribution in [2.24, 2.45) is 0 Å². The van der Waals surface area contributed by atoms with E-state index >= 15 is 0 Å². The second-order valence-corrected chi connectivity index (χ2v) is 3.27. The molecule has 3 N–H and O–H groups in total. The van der Waals surface area contributed by atoms with Gasteiger partial charge < -0.3 is 20.5 Å². The highest BCUT2D eigenvalue weighted by atomic mass is 16.5. The van der Waals surface area contributed by atoms with Gasteiger partial charge in [-0.05, 0) is 13.3 Å². The molecule has 0 unspecified atom stereocenters. The first-order valence-corrected chi connectivity index (χ1v) is 5.24. The van der Waals surface area contributed by atoms with Crippen LogP contribution < -0.4 is 15.4 Å². The van der Waals surface area contributed by atoms with E-state index in [-0.39, 0.29) is 6.61 Å². The average Bonchev–Trinajstić information content (AvgIpc) is 2.30. The highest BCUT2D eigenvalue weighted by Gasteiger charge is 2.14. The number of rotatable bonds is 6. The van der Waals surface area contributed by atoms with E-state index in [4.69, 9.17) is 15.6 Å². The molecule has 0 radical (unpaired) electrons. The Hall–Kier alpha value is -1.56. The van der Waals surface area contributed by atoms with Crippen molar-refractivity contribution in [1.82, 2.24) is 9.97 Å². The summed E-state index contributed by atoms with van der Waals surface area (Å²) in [6.45, 7) is 3.64. The van der Waals surface area contributed by atoms with Gasteiger partial charge in [-0.1, -0.05) is 0 Å². The number of nitrogen functional groups attached to an aromatic ring is 1. The Kier molecular flexibility index (Phi) is 4.78. The molecule has 0 atom stereocenters. The van der Waals surface area contributed by atoms with Crippen LogP contribution in [0.5, 0.6) is 5.75 Å². The van der Waals surface area contributed by atoms with Gasteiger partial charge in [-0.25, -0.2) is 9.97 Å². The molecule has 0 bridgehead atoms. The van der Waals surface area contributed by atoms with Crippen molar-refractivity contribution in [1.29, 1.82) is 0 Å². The summed E-state index contributed by atoms with van der Waals surface area (Å²) >= 11 is 0. The molecule has 16 heavy (non-hydrogen) atoms. The summed E-state index contributed by atoms with van der Waals surface area (Å²) in [4.78, 5) is 10.0. The summed E-state index contributed by atoms with van der Waals surface area (Å²) in [7, 11) is 1.54. The Labute approximate surface area is 95.1 Å². The number of nitrogens with two attached hydrogens (primary N) is 1. The zero-order chi connectivity index (χ0) is 12.0. The number of aliphatic hydroxyl groups is 1. The largest absolute Gasteiger partial charge is 0.490 e. The number of aliphatic hydroxyl groups excluding tert-OH is 1. The summed E-state index contributed by atoms with van der Waals surface area (Å²) in [5, 5.41) is 8.82. The fourth-order valence-corrected chi connectivity index (χ4v) is 1.47. The van der Waals surface area contributed by atoms with Crippen molar-refractivity contribution in [2.75, 3.05) is 37.4 Å². The third-order valence-corrected chi connectivity index (χ3v) is 2.28. The van der Waals surface area contributed by atoms with E-state index in [0.29, 0.717) is 30.4 Å². The Morgan fingerprint density at radius 2 is 2.25 bits per heavy atom. The van der Waals surface area contributed by atoms with Crippen LogP contribution in [0, 0.1) is 0 Å². The number of nitrogens with zero attached hydrogens (tertiary/aromatic N) is 3. The van der Waals surface area contributed by atoms with Crippen molar-refractivity contribution in [3.63, 3.8) is 0 Å². The summed E-state index contributed by atoms with van der Waals surface area (Å²) in [6.07, 6.45) is 2.09. The summed E-state index contributed by atoms with van der Waals surface area (Å²) in [5.41, 5.74) is 5.70. The van der Waals surface area contributed by atoms with Gasteiger partial charge in [-0.3, -0.25) is 0 Å². The Bertz CT molecular complexity index is 333. The van der Waals surface area contributed by atoms with Gasteiger partial charge in [0.05, 0.1) is 7.11 Å². The molecule has 0 amide bonds. The van der Waals surface area contributed by atoms with Crippen LogP contribution in [0.25, 0.3) is 0 Å². The minimum absolute atomic E-state index is 0.152. The van der Waals surface area contributed by atoms with Crippen molar-refractivity contribution in [3.05, 3.63) is 6.33 Å². The van der Waals surface area contributed by atoms with E-state index < -0.39 is 0 Å². The van der Waals surface area contributed by atoms with Gasteiger partial charge in [0.25, 0.3) is 0 Å². The van der Waals surface area contributed by atoms with E-state index in [1.54, 1.807) is 7.11 Å². The van der Waals surface area contributed by atoms with E-state index in [1.807, 2.05) is 11.8 Å². The quantitative estimate of drug-likeness (QED) is 0.724. The van der Waals surface area contributed by atoms with Crippen LogP contribution in [0.15, 0.2) is 6.33 Å². The first-order valence-electron chi connectivity index (χ1n) is 5.24. The lowest BCUT2D eigenvalue weighted by Crippen LogP contribution is -2.26. The fourth-order valence-electron chi connectivity index (χ4n) is 1.47. The number of ether oxygens (including phenoxy) is 1. The molecule has 6 heteroatoms. The van der Waals surface area contributed by atoms with E-state index in [1.165, 1.54) is 6.33 Å². The van der Waals surface area contributed by atoms with Gasteiger partial charge in [0.2, 0.25) is 5.75 Å². The maximum atomic E-state index is 8.82. The summed E-state index contributed by atoms with van der Waals surface area (Å²) in [5.74, 6) is 1.49. The van der Waals surface area contributed by atoms with E-state index in [2.05, 4.69) is 9.97 Å². The number of anilines is 2. The van der Waals surface area contributed by atoms with Crippen LogP contribution in [0.4, 0.5) is 11.6 Å². The summed E-state index contributed by atoms with van der Waals surface area (Å²) < 4.78 is 5.18.